The monoisotopic (exact) mass is 483 g/mol. The average Bonchev–Trinajstić information content (AvgIpc) is 3.32. The van der Waals surface area contributed by atoms with Crippen LogP contribution < -0.4 is 19.5 Å². The number of aryl methyl sites for hydroxylation is 1. The number of benzene rings is 2. The molecule has 6 heteroatoms. The van der Waals surface area contributed by atoms with Crippen LogP contribution in [0, 0.1) is 0 Å². The summed E-state index contributed by atoms with van der Waals surface area (Å²) in [6, 6.07) is 11.7. The Morgan fingerprint density at radius 1 is 1.18 bits per heavy atom. The summed E-state index contributed by atoms with van der Waals surface area (Å²) in [5.41, 5.74) is 1.96. The Labute approximate surface area is 207 Å². The lowest BCUT2D eigenvalue weighted by atomic mass is 9.73. The van der Waals surface area contributed by atoms with Crippen molar-refractivity contribution in [2.75, 3.05) is 7.11 Å². The molecule has 1 atom stereocenters. The first-order valence-corrected chi connectivity index (χ1v) is 13.0. The van der Waals surface area contributed by atoms with E-state index in [2.05, 4.69) is 11.4 Å². The third kappa shape index (κ3) is 5.00. The Morgan fingerprint density at radius 2 is 2.00 bits per heavy atom. The SMILES string of the molecule is COc1cccc(CCCC(=O)N[C@@H]2CC3(CCC3)Oc3ccc(Cl)cc32)c1OC1CCCC1. The second-order valence-corrected chi connectivity index (χ2v) is 10.4. The van der Waals surface area contributed by atoms with Gasteiger partial charge in [-0.3, -0.25) is 4.79 Å². The number of halogens is 1. The van der Waals surface area contributed by atoms with Crippen LogP contribution in [0.5, 0.6) is 17.2 Å². The molecule has 1 heterocycles. The molecule has 0 radical (unpaired) electrons. The molecule has 0 saturated heterocycles. The summed E-state index contributed by atoms with van der Waals surface area (Å²) in [4.78, 5) is 13.0. The third-order valence-corrected chi connectivity index (χ3v) is 7.80. The Morgan fingerprint density at radius 3 is 2.74 bits per heavy atom. The van der Waals surface area contributed by atoms with Crippen LogP contribution >= 0.6 is 11.6 Å². The van der Waals surface area contributed by atoms with Crippen molar-refractivity contribution in [2.24, 2.45) is 0 Å². The highest BCUT2D eigenvalue weighted by Crippen LogP contribution is 2.49. The van der Waals surface area contributed by atoms with Crippen LogP contribution in [0.2, 0.25) is 5.02 Å². The Balaban J connectivity index is 1.21. The Hall–Kier alpha value is -2.40. The summed E-state index contributed by atoms with van der Waals surface area (Å²) in [6.07, 6.45) is 10.9. The smallest absolute Gasteiger partial charge is 0.220 e. The van der Waals surface area contributed by atoms with Crippen molar-refractivity contribution in [3.8, 4) is 17.2 Å². The van der Waals surface area contributed by atoms with E-state index in [1.807, 2.05) is 30.3 Å². The lowest BCUT2D eigenvalue weighted by molar-refractivity contribution is -0.123. The number of rotatable bonds is 8. The number of amides is 1. The molecular formula is C28H34ClNO4. The van der Waals surface area contributed by atoms with E-state index in [4.69, 9.17) is 25.8 Å². The minimum Gasteiger partial charge on any atom is -0.493 e. The van der Waals surface area contributed by atoms with E-state index in [0.717, 1.165) is 73.3 Å². The van der Waals surface area contributed by atoms with Gasteiger partial charge in [-0.05, 0) is 87.6 Å². The predicted molar refractivity (Wildman–Crippen MR) is 133 cm³/mol. The molecule has 0 unspecified atom stereocenters. The topological polar surface area (TPSA) is 56.8 Å². The van der Waals surface area contributed by atoms with E-state index >= 15 is 0 Å². The predicted octanol–water partition coefficient (Wildman–Crippen LogP) is 6.56. The number of hydrogen-bond donors (Lipinski definition) is 1. The first kappa shape index (κ1) is 23.3. The fraction of sp³-hybridized carbons (Fsp3) is 0.536. The highest BCUT2D eigenvalue weighted by Gasteiger charge is 2.45. The standard InChI is InChI=1S/C28H34ClNO4/c1-32-25-11-4-7-19(27(25)33-21-9-2-3-10-21)8-5-12-26(31)30-23-18-28(15-6-16-28)34-24-14-13-20(29)17-22(23)24/h4,7,11,13-14,17,21,23H,2-3,5-6,8-10,12,15-16,18H2,1H3,(H,30,31)/t23-/m1/s1. The van der Waals surface area contributed by atoms with Gasteiger partial charge in [0.15, 0.2) is 11.5 Å². The van der Waals surface area contributed by atoms with Gasteiger partial charge >= 0.3 is 0 Å². The van der Waals surface area contributed by atoms with Crippen LogP contribution in [0.25, 0.3) is 0 Å². The third-order valence-electron chi connectivity index (χ3n) is 7.57. The number of para-hydroxylation sites is 1. The fourth-order valence-corrected chi connectivity index (χ4v) is 5.76. The van der Waals surface area contributed by atoms with Gasteiger partial charge in [0.1, 0.15) is 11.4 Å². The van der Waals surface area contributed by atoms with Crippen molar-refractivity contribution in [2.45, 2.75) is 88.4 Å². The number of methoxy groups -OCH3 is 1. The van der Waals surface area contributed by atoms with Gasteiger partial charge in [-0.25, -0.2) is 0 Å². The summed E-state index contributed by atoms with van der Waals surface area (Å²) in [5, 5.41) is 3.94. The van der Waals surface area contributed by atoms with Crippen molar-refractivity contribution in [3.63, 3.8) is 0 Å². The number of nitrogens with one attached hydrogen (secondary N) is 1. The maximum atomic E-state index is 13.0. The molecule has 0 aromatic heterocycles. The highest BCUT2D eigenvalue weighted by atomic mass is 35.5. The van der Waals surface area contributed by atoms with E-state index in [1.54, 1.807) is 7.11 Å². The van der Waals surface area contributed by atoms with Gasteiger partial charge in [0.05, 0.1) is 19.3 Å². The van der Waals surface area contributed by atoms with Crippen LogP contribution in [0.4, 0.5) is 0 Å². The molecular weight excluding hydrogens is 450 g/mol. The normalized spacial score (nSPS) is 20.8. The number of fused-ring (bicyclic) bond motifs is 1. The number of carbonyl (C=O) groups is 1. The van der Waals surface area contributed by atoms with Crippen molar-refractivity contribution >= 4 is 17.5 Å². The van der Waals surface area contributed by atoms with Crippen LogP contribution in [-0.2, 0) is 11.2 Å². The largest absolute Gasteiger partial charge is 0.493 e. The molecule has 3 aliphatic rings. The van der Waals surface area contributed by atoms with Gasteiger partial charge in [0.25, 0.3) is 0 Å². The summed E-state index contributed by atoms with van der Waals surface area (Å²) in [6.45, 7) is 0. The first-order valence-electron chi connectivity index (χ1n) is 12.7. The lowest BCUT2D eigenvalue weighted by Gasteiger charge is -2.48. The van der Waals surface area contributed by atoms with E-state index in [9.17, 15) is 4.79 Å². The molecule has 5 nitrogen and oxygen atoms in total. The second-order valence-electron chi connectivity index (χ2n) is 9.97. The zero-order chi connectivity index (χ0) is 23.5. The molecule has 1 N–H and O–H groups in total. The minimum atomic E-state index is -0.133. The first-order chi connectivity index (χ1) is 16.5. The molecule has 5 rings (SSSR count). The molecule has 2 aliphatic carbocycles. The second kappa shape index (κ2) is 10.1. The molecule has 2 saturated carbocycles. The number of ether oxygens (including phenoxy) is 3. The summed E-state index contributed by atoms with van der Waals surface area (Å²) < 4.78 is 18.2. The summed E-state index contributed by atoms with van der Waals surface area (Å²) >= 11 is 6.26. The Kier molecular flexibility index (Phi) is 6.91. The number of carbonyl (C=O) groups excluding carboxylic acids is 1. The van der Waals surface area contributed by atoms with Crippen LogP contribution in [0.1, 0.15) is 81.4 Å². The van der Waals surface area contributed by atoms with Crippen molar-refractivity contribution < 1.29 is 19.0 Å². The molecule has 1 aliphatic heterocycles. The van der Waals surface area contributed by atoms with E-state index in [-0.39, 0.29) is 23.7 Å². The molecule has 34 heavy (non-hydrogen) atoms. The zero-order valence-electron chi connectivity index (χ0n) is 19.9. The van der Waals surface area contributed by atoms with Gasteiger partial charge in [0, 0.05) is 23.4 Å². The van der Waals surface area contributed by atoms with Crippen molar-refractivity contribution in [1.82, 2.24) is 5.32 Å². The van der Waals surface area contributed by atoms with E-state index in [0.29, 0.717) is 11.4 Å². The fourth-order valence-electron chi connectivity index (χ4n) is 5.58. The molecule has 182 valence electrons. The lowest BCUT2D eigenvalue weighted by Crippen LogP contribution is -2.49. The molecule has 0 bridgehead atoms. The maximum Gasteiger partial charge on any atom is 0.220 e. The molecule has 1 amide bonds. The van der Waals surface area contributed by atoms with Crippen LogP contribution in [0.15, 0.2) is 36.4 Å². The van der Waals surface area contributed by atoms with Gasteiger partial charge in [-0.15, -0.1) is 0 Å². The van der Waals surface area contributed by atoms with Gasteiger partial charge < -0.3 is 19.5 Å². The quantitative estimate of drug-likeness (QED) is 0.462. The zero-order valence-corrected chi connectivity index (χ0v) is 20.7. The average molecular weight is 484 g/mol. The van der Waals surface area contributed by atoms with Crippen molar-refractivity contribution in [1.29, 1.82) is 0 Å². The van der Waals surface area contributed by atoms with E-state index < -0.39 is 0 Å². The van der Waals surface area contributed by atoms with Crippen LogP contribution in [-0.4, -0.2) is 24.7 Å². The van der Waals surface area contributed by atoms with Gasteiger partial charge in [-0.2, -0.15) is 0 Å². The Bertz CT molecular complexity index is 1030. The van der Waals surface area contributed by atoms with Crippen molar-refractivity contribution in [3.05, 3.63) is 52.5 Å². The molecule has 2 aromatic rings. The maximum absolute atomic E-state index is 13.0. The highest BCUT2D eigenvalue weighted by molar-refractivity contribution is 6.30. The minimum absolute atomic E-state index is 0.0617. The van der Waals surface area contributed by atoms with E-state index in [1.165, 1.54) is 19.3 Å². The number of hydrogen-bond acceptors (Lipinski definition) is 4. The van der Waals surface area contributed by atoms with Crippen LogP contribution in [0.3, 0.4) is 0 Å². The molecule has 1 spiro atoms. The summed E-state index contributed by atoms with van der Waals surface area (Å²) in [7, 11) is 1.68. The molecule has 2 fully saturated rings. The van der Waals surface area contributed by atoms with Gasteiger partial charge in [-0.1, -0.05) is 23.7 Å². The molecule has 2 aromatic carbocycles. The van der Waals surface area contributed by atoms with Gasteiger partial charge in [0.2, 0.25) is 5.91 Å². The summed E-state index contributed by atoms with van der Waals surface area (Å²) in [5.74, 6) is 2.53.